The number of halogens is 1. The number of hydrogen-bond acceptors (Lipinski definition) is 4. The van der Waals surface area contributed by atoms with Gasteiger partial charge in [-0.15, -0.1) is 0 Å². The fraction of sp³-hybridized carbons (Fsp3) is 0.500. The van der Waals surface area contributed by atoms with Crippen molar-refractivity contribution in [3.63, 3.8) is 0 Å². The fourth-order valence-electron chi connectivity index (χ4n) is 1.84. The predicted octanol–water partition coefficient (Wildman–Crippen LogP) is 3.27. The Labute approximate surface area is 111 Å². The molecule has 1 aliphatic rings. The molecule has 0 saturated carbocycles. The molecule has 0 aromatic heterocycles. The lowest BCUT2D eigenvalue weighted by Gasteiger charge is -2.17. The van der Waals surface area contributed by atoms with E-state index in [1.165, 1.54) is 12.2 Å². The van der Waals surface area contributed by atoms with Gasteiger partial charge >= 0.3 is 0 Å². The van der Waals surface area contributed by atoms with E-state index in [-0.39, 0.29) is 0 Å². The van der Waals surface area contributed by atoms with E-state index in [1.54, 1.807) is 20.3 Å². The maximum absolute atomic E-state index is 6.06. The summed E-state index contributed by atoms with van der Waals surface area (Å²) < 4.78 is 10.5. The molecule has 1 heterocycles. The van der Waals surface area contributed by atoms with Gasteiger partial charge in [-0.3, -0.25) is 0 Å². The molecule has 1 saturated heterocycles. The average molecular weight is 274 g/mol. The Bertz CT molecular complexity index is 394. The van der Waals surface area contributed by atoms with Crippen molar-refractivity contribution >= 4 is 29.1 Å². The van der Waals surface area contributed by atoms with Crippen molar-refractivity contribution in [2.45, 2.75) is 12.5 Å². The lowest BCUT2D eigenvalue weighted by molar-refractivity contribution is 0.404. The lowest BCUT2D eigenvalue weighted by atomic mass is 10.2. The first kappa shape index (κ1) is 12.7. The van der Waals surface area contributed by atoms with Crippen LogP contribution in [-0.4, -0.2) is 31.8 Å². The number of thioether (sulfide) groups is 1. The zero-order chi connectivity index (χ0) is 12.3. The number of nitrogens with one attached hydrogen (secondary N) is 1. The third-order valence-corrected chi connectivity index (χ3v) is 4.22. The van der Waals surface area contributed by atoms with Gasteiger partial charge in [-0.1, -0.05) is 11.6 Å². The summed E-state index contributed by atoms with van der Waals surface area (Å²) in [6.45, 7) is 0. The monoisotopic (exact) mass is 273 g/mol. The maximum Gasteiger partial charge on any atom is 0.143 e. The summed E-state index contributed by atoms with van der Waals surface area (Å²) >= 11 is 8.03. The van der Waals surface area contributed by atoms with Gasteiger partial charge in [0.25, 0.3) is 0 Å². The highest BCUT2D eigenvalue weighted by Gasteiger charge is 2.18. The van der Waals surface area contributed by atoms with Gasteiger partial charge in [-0.25, -0.2) is 0 Å². The minimum Gasteiger partial charge on any atom is -0.495 e. The predicted molar refractivity (Wildman–Crippen MR) is 73.9 cm³/mol. The number of ether oxygens (including phenoxy) is 2. The molecule has 0 aliphatic carbocycles. The van der Waals surface area contributed by atoms with Gasteiger partial charge in [-0.05, 0) is 12.2 Å². The summed E-state index contributed by atoms with van der Waals surface area (Å²) in [6, 6.07) is 4.18. The van der Waals surface area contributed by atoms with Crippen LogP contribution in [0.1, 0.15) is 6.42 Å². The molecule has 5 heteroatoms. The molecule has 94 valence electrons. The van der Waals surface area contributed by atoms with E-state index in [0.29, 0.717) is 16.8 Å². The van der Waals surface area contributed by atoms with E-state index in [9.17, 15) is 0 Å². The molecule has 1 unspecified atom stereocenters. The molecule has 1 aromatic carbocycles. The lowest BCUT2D eigenvalue weighted by Crippen LogP contribution is -2.18. The van der Waals surface area contributed by atoms with Gasteiger partial charge in [0.05, 0.1) is 24.9 Å². The molecular weight excluding hydrogens is 258 g/mol. The highest BCUT2D eigenvalue weighted by atomic mass is 35.5. The van der Waals surface area contributed by atoms with Crippen molar-refractivity contribution in [3.8, 4) is 11.5 Å². The van der Waals surface area contributed by atoms with E-state index >= 15 is 0 Å². The van der Waals surface area contributed by atoms with Gasteiger partial charge < -0.3 is 14.8 Å². The van der Waals surface area contributed by atoms with E-state index in [0.717, 1.165) is 17.2 Å². The van der Waals surface area contributed by atoms with Crippen LogP contribution in [0.15, 0.2) is 12.1 Å². The Morgan fingerprint density at radius 1 is 1.29 bits per heavy atom. The SMILES string of the molecule is COc1cc(NC2CCSC2)c(OC)cc1Cl. The van der Waals surface area contributed by atoms with Gasteiger partial charge in [0.1, 0.15) is 11.5 Å². The average Bonchev–Trinajstić information content (AvgIpc) is 2.83. The highest BCUT2D eigenvalue weighted by molar-refractivity contribution is 7.99. The molecule has 0 bridgehead atoms. The Balaban J connectivity index is 2.23. The van der Waals surface area contributed by atoms with E-state index < -0.39 is 0 Å². The highest BCUT2D eigenvalue weighted by Crippen LogP contribution is 2.37. The summed E-state index contributed by atoms with van der Waals surface area (Å²) in [5, 5.41) is 4.04. The van der Waals surface area contributed by atoms with Crippen molar-refractivity contribution in [1.29, 1.82) is 0 Å². The van der Waals surface area contributed by atoms with Crippen LogP contribution in [0.2, 0.25) is 5.02 Å². The minimum absolute atomic E-state index is 0.500. The number of anilines is 1. The smallest absolute Gasteiger partial charge is 0.143 e. The van der Waals surface area contributed by atoms with Gasteiger partial charge in [0.2, 0.25) is 0 Å². The molecule has 1 N–H and O–H groups in total. The summed E-state index contributed by atoms with van der Waals surface area (Å²) in [5.74, 6) is 3.77. The largest absolute Gasteiger partial charge is 0.495 e. The van der Waals surface area contributed by atoms with Crippen LogP contribution < -0.4 is 14.8 Å². The first-order valence-corrected chi connectivity index (χ1v) is 7.03. The second kappa shape index (κ2) is 5.74. The maximum atomic E-state index is 6.06. The Morgan fingerprint density at radius 2 is 2.06 bits per heavy atom. The molecule has 1 aromatic rings. The van der Waals surface area contributed by atoms with Crippen molar-refractivity contribution in [3.05, 3.63) is 17.2 Å². The van der Waals surface area contributed by atoms with Crippen LogP contribution in [0, 0.1) is 0 Å². The van der Waals surface area contributed by atoms with Crippen molar-refractivity contribution in [2.75, 3.05) is 31.0 Å². The standard InChI is InChI=1S/C12H16ClNO2S/c1-15-11-6-10(12(16-2)5-9(11)13)14-8-3-4-17-7-8/h5-6,8,14H,3-4,7H2,1-2H3. The molecule has 3 nitrogen and oxygen atoms in total. The van der Waals surface area contributed by atoms with Gasteiger partial charge in [0.15, 0.2) is 0 Å². The van der Waals surface area contributed by atoms with Crippen LogP contribution >= 0.6 is 23.4 Å². The quantitative estimate of drug-likeness (QED) is 0.912. The minimum atomic E-state index is 0.500. The first-order valence-electron chi connectivity index (χ1n) is 5.50. The first-order chi connectivity index (χ1) is 8.24. The van der Waals surface area contributed by atoms with Crippen molar-refractivity contribution in [1.82, 2.24) is 0 Å². The summed E-state index contributed by atoms with van der Waals surface area (Å²) in [7, 11) is 3.26. The molecule has 1 fully saturated rings. The molecule has 0 spiro atoms. The molecule has 17 heavy (non-hydrogen) atoms. The molecular formula is C12H16ClNO2S. The summed E-state index contributed by atoms with van der Waals surface area (Å²) in [4.78, 5) is 0. The van der Waals surface area contributed by atoms with E-state index in [2.05, 4.69) is 5.32 Å². The fourth-order valence-corrected chi connectivity index (χ4v) is 3.22. The Kier molecular flexibility index (Phi) is 4.29. The number of rotatable bonds is 4. The number of methoxy groups -OCH3 is 2. The van der Waals surface area contributed by atoms with Crippen LogP contribution in [-0.2, 0) is 0 Å². The van der Waals surface area contributed by atoms with Crippen LogP contribution in [0.3, 0.4) is 0 Å². The molecule has 0 radical (unpaired) electrons. The van der Waals surface area contributed by atoms with Crippen molar-refractivity contribution in [2.24, 2.45) is 0 Å². The molecule has 2 rings (SSSR count). The molecule has 0 amide bonds. The zero-order valence-corrected chi connectivity index (χ0v) is 11.5. The third-order valence-electron chi connectivity index (χ3n) is 2.76. The van der Waals surface area contributed by atoms with E-state index in [4.69, 9.17) is 21.1 Å². The molecule has 1 atom stereocenters. The third kappa shape index (κ3) is 2.93. The number of benzene rings is 1. The van der Waals surface area contributed by atoms with E-state index in [1.807, 2.05) is 17.8 Å². The Morgan fingerprint density at radius 3 is 2.65 bits per heavy atom. The number of hydrogen-bond donors (Lipinski definition) is 1. The van der Waals surface area contributed by atoms with Crippen LogP contribution in [0.25, 0.3) is 0 Å². The van der Waals surface area contributed by atoms with Gasteiger partial charge in [0, 0.05) is 23.9 Å². The topological polar surface area (TPSA) is 30.5 Å². The Hall–Kier alpha value is -0.740. The normalized spacial score (nSPS) is 19.1. The second-order valence-corrected chi connectivity index (χ2v) is 5.45. The second-order valence-electron chi connectivity index (χ2n) is 3.89. The summed E-state index contributed by atoms with van der Waals surface area (Å²) in [5.41, 5.74) is 0.946. The van der Waals surface area contributed by atoms with Crippen LogP contribution in [0.5, 0.6) is 11.5 Å². The van der Waals surface area contributed by atoms with Crippen molar-refractivity contribution < 1.29 is 9.47 Å². The van der Waals surface area contributed by atoms with Crippen LogP contribution in [0.4, 0.5) is 5.69 Å². The zero-order valence-electron chi connectivity index (χ0n) is 9.96. The summed E-state index contributed by atoms with van der Waals surface area (Å²) in [6.07, 6.45) is 1.18. The molecule has 1 aliphatic heterocycles. The van der Waals surface area contributed by atoms with Gasteiger partial charge in [-0.2, -0.15) is 11.8 Å².